The molecular weight excluding hydrogens is 298 g/mol. The molecule has 1 heterocycles. The van der Waals surface area contributed by atoms with Crippen molar-refractivity contribution in [2.24, 2.45) is 0 Å². The van der Waals surface area contributed by atoms with Gasteiger partial charge in [0.05, 0.1) is 6.61 Å². The lowest BCUT2D eigenvalue weighted by atomic mass is 10.2. The maximum absolute atomic E-state index is 11.9. The van der Waals surface area contributed by atoms with E-state index in [2.05, 4.69) is 5.32 Å². The van der Waals surface area contributed by atoms with E-state index < -0.39 is 17.7 Å². The van der Waals surface area contributed by atoms with Crippen molar-refractivity contribution in [3.05, 3.63) is 23.5 Å². The van der Waals surface area contributed by atoms with Crippen LogP contribution in [0, 0.1) is 11.3 Å². The number of nitrogens with one attached hydrogen (secondary N) is 1. The Morgan fingerprint density at radius 2 is 2.04 bits per heavy atom. The largest absolute Gasteiger partial charge is 0.461 e. The van der Waals surface area contributed by atoms with E-state index in [0.717, 1.165) is 0 Å². The zero-order valence-electron chi connectivity index (χ0n) is 14.0. The van der Waals surface area contributed by atoms with Crippen LogP contribution < -0.4 is 5.32 Å². The molecule has 0 radical (unpaired) electrons. The third kappa shape index (κ3) is 6.02. The highest BCUT2D eigenvalue weighted by Gasteiger charge is 2.17. The summed E-state index contributed by atoms with van der Waals surface area (Å²) in [5, 5.41) is 11.7. The first kappa shape index (κ1) is 18.6. The monoisotopic (exact) mass is 321 g/mol. The van der Waals surface area contributed by atoms with Gasteiger partial charge in [-0.2, -0.15) is 5.26 Å². The van der Waals surface area contributed by atoms with Crippen molar-refractivity contribution in [1.82, 2.24) is 9.88 Å². The first-order valence-electron chi connectivity index (χ1n) is 7.52. The van der Waals surface area contributed by atoms with Crippen molar-refractivity contribution in [3.63, 3.8) is 0 Å². The Kier molecular flexibility index (Phi) is 6.64. The van der Waals surface area contributed by atoms with Crippen LogP contribution in [0.2, 0.25) is 0 Å². The second-order valence-electron chi connectivity index (χ2n) is 5.87. The molecule has 7 heteroatoms. The number of rotatable bonds is 6. The van der Waals surface area contributed by atoms with Crippen LogP contribution in [0.5, 0.6) is 0 Å². The Bertz CT molecular complexity index is 593. The van der Waals surface area contributed by atoms with E-state index in [1.807, 2.05) is 6.07 Å². The number of esters is 1. The Morgan fingerprint density at radius 1 is 1.35 bits per heavy atom. The van der Waals surface area contributed by atoms with Crippen LogP contribution in [-0.2, 0) is 16.0 Å². The summed E-state index contributed by atoms with van der Waals surface area (Å²) in [7, 11) is 0. The number of amides is 1. The van der Waals surface area contributed by atoms with E-state index in [-0.39, 0.29) is 6.61 Å². The summed E-state index contributed by atoms with van der Waals surface area (Å²) in [6, 6.07) is 5.18. The number of nitriles is 1. The molecule has 7 nitrogen and oxygen atoms in total. The highest BCUT2D eigenvalue weighted by molar-refractivity contribution is 5.88. The molecule has 0 aromatic carbocycles. The number of carbonyl (C=O) groups is 2. The molecule has 0 atom stereocenters. The van der Waals surface area contributed by atoms with Gasteiger partial charge in [-0.05, 0) is 46.2 Å². The number of alkyl carbamates (subject to hydrolysis) is 1. The SMILES string of the molecule is CCOC(=O)c1ccc(C#N)n1CCCNC(=O)OC(C)(C)C. The van der Waals surface area contributed by atoms with E-state index in [1.54, 1.807) is 44.4 Å². The van der Waals surface area contributed by atoms with Crippen molar-refractivity contribution in [3.8, 4) is 6.07 Å². The average molecular weight is 321 g/mol. The molecule has 1 aromatic rings. The Balaban J connectivity index is 2.58. The summed E-state index contributed by atoms with van der Waals surface area (Å²) < 4.78 is 11.7. The average Bonchev–Trinajstić information content (AvgIpc) is 2.85. The van der Waals surface area contributed by atoms with Gasteiger partial charge in [-0.15, -0.1) is 0 Å². The predicted molar refractivity (Wildman–Crippen MR) is 84.0 cm³/mol. The molecule has 1 aromatic heterocycles. The van der Waals surface area contributed by atoms with Crippen LogP contribution in [0.15, 0.2) is 12.1 Å². The molecule has 23 heavy (non-hydrogen) atoms. The normalized spacial score (nSPS) is 10.7. The number of ether oxygens (including phenoxy) is 2. The minimum atomic E-state index is -0.546. The Hall–Kier alpha value is -2.49. The van der Waals surface area contributed by atoms with Gasteiger partial charge in [0.2, 0.25) is 0 Å². The van der Waals surface area contributed by atoms with Gasteiger partial charge in [-0.25, -0.2) is 9.59 Å². The van der Waals surface area contributed by atoms with Crippen LogP contribution in [0.3, 0.4) is 0 Å². The molecule has 0 spiro atoms. The molecule has 0 fully saturated rings. The van der Waals surface area contributed by atoms with Crippen molar-refractivity contribution >= 4 is 12.1 Å². The minimum Gasteiger partial charge on any atom is -0.461 e. The quantitative estimate of drug-likeness (QED) is 0.641. The third-order valence-corrected chi connectivity index (χ3v) is 2.81. The topological polar surface area (TPSA) is 93.4 Å². The molecule has 0 aliphatic rings. The van der Waals surface area contributed by atoms with Gasteiger partial charge in [-0.3, -0.25) is 0 Å². The molecule has 0 saturated carbocycles. The minimum absolute atomic E-state index is 0.270. The van der Waals surface area contributed by atoms with E-state index in [0.29, 0.717) is 30.9 Å². The number of hydrogen-bond donors (Lipinski definition) is 1. The second-order valence-corrected chi connectivity index (χ2v) is 5.87. The zero-order chi connectivity index (χ0) is 17.5. The smallest absolute Gasteiger partial charge is 0.407 e. The van der Waals surface area contributed by atoms with E-state index >= 15 is 0 Å². The Morgan fingerprint density at radius 3 is 2.61 bits per heavy atom. The fraction of sp³-hybridized carbons (Fsp3) is 0.562. The first-order valence-corrected chi connectivity index (χ1v) is 7.52. The van der Waals surface area contributed by atoms with E-state index in [1.165, 1.54) is 0 Å². The van der Waals surface area contributed by atoms with Crippen LogP contribution in [0.25, 0.3) is 0 Å². The van der Waals surface area contributed by atoms with Gasteiger partial charge in [0.15, 0.2) is 0 Å². The molecule has 0 saturated heterocycles. The van der Waals surface area contributed by atoms with Crippen molar-refractivity contribution in [2.75, 3.05) is 13.2 Å². The maximum atomic E-state index is 11.9. The van der Waals surface area contributed by atoms with Gasteiger partial charge in [0.1, 0.15) is 23.1 Å². The summed E-state index contributed by atoms with van der Waals surface area (Å²) in [4.78, 5) is 23.4. The molecule has 0 unspecified atom stereocenters. The van der Waals surface area contributed by atoms with Gasteiger partial charge in [0, 0.05) is 13.1 Å². The molecule has 126 valence electrons. The van der Waals surface area contributed by atoms with Crippen LogP contribution in [0.1, 0.15) is 50.3 Å². The molecule has 1 rings (SSSR count). The predicted octanol–water partition coefficient (Wildman–Crippen LogP) is 2.45. The van der Waals surface area contributed by atoms with Crippen molar-refractivity contribution < 1.29 is 19.1 Å². The summed E-state index contributed by atoms with van der Waals surface area (Å²) >= 11 is 0. The number of hydrogen-bond acceptors (Lipinski definition) is 5. The zero-order valence-corrected chi connectivity index (χ0v) is 14.0. The van der Waals surface area contributed by atoms with Gasteiger partial charge < -0.3 is 19.4 Å². The highest BCUT2D eigenvalue weighted by Crippen LogP contribution is 2.11. The van der Waals surface area contributed by atoms with Crippen LogP contribution >= 0.6 is 0 Å². The lowest BCUT2D eigenvalue weighted by Gasteiger charge is -2.19. The van der Waals surface area contributed by atoms with Gasteiger partial charge >= 0.3 is 12.1 Å². The van der Waals surface area contributed by atoms with Crippen LogP contribution in [0.4, 0.5) is 4.79 Å². The molecule has 1 amide bonds. The summed E-state index contributed by atoms with van der Waals surface area (Å²) in [5.41, 5.74) is 0.168. The number of aromatic nitrogens is 1. The molecular formula is C16H23N3O4. The fourth-order valence-electron chi connectivity index (χ4n) is 1.93. The maximum Gasteiger partial charge on any atom is 0.407 e. The molecule has 0 bridgehead atoms. The second kappa shape index (κ2) is 8.22. The standard InChI is InChI=1S/C16H23N3O4/c1-5-22-14(20)13-8-7-12(11-17)19(13)10-6-9-18-15(21)23-16(2,3)4/h7-8H,5-6,9-10H2,1-4H3,(H,18,21). The summed E-state index contributed by atoms with van der Waals surface area (Å²) in [6.07, 6.45) is 0.0609. The number of carbonyl (C=O) groups excluding carboxylic acids is 2. The van der Waals surface area contributed by atoms with Gasteiger partial charge in [-0.1, -0.05) is 0 Å². The summed E-state index contributed by atoms with van der Waals surface area (Å²) in [6.45, 7) is 8.15. The summed E-state index contributed by atoms with van der Waals surface area (Å²) in [5.74, 6) is -0.464. The van der Waals surface area contributed by atoms with Crippen molar-refractivity contribution in [1.29, 1.82) is 5.26 Å². The first-order chi connectivity index (χ1) is 10.8. The lowest BCUT2D eigenvalue weighted by molar-refractivity contribution is 0.0503. The van der Waals surface area contributed by atoms with Gasteiger partial charge in [0.25, 0.3) is 0 Å². The van der Waals surface area contributed by atoms with Crippen LogP contribution in [-0.4, -0.2) is 35.4 Å². The van der Waals surface area contributed by atoms with E-state index in [9.17, 15) is 9.59 Å². The Labute approximate surface area is 136 Å². The molecule has 0 aliphatic heterocycles. The third-order valence-electron chi connectivity index (χ3n) is 2.81. The number of nitrogens with zero attached hydrogens (tertiary/aromatic N) is 2. The lowest BCUT2D eigenvalue weighted by Crippen LogP contribution is -2.33. The highest BCUT2D eigenvalue weighted by atomic mass is 16.6. The molecule has 0 aliphatic carbocycles. The molecule has 1 N–H and O–H groups in total. The fourth-order valence-corrected chi connectivity index (χ4v) is 1.93. The van der Waals surface area contributed by atoms with Crippen molar-refractivity contribution in [2.45, 2.75) is 46.3 Å². The van der Waals surface area contributed by atoms with E-state index in [4.69, 9.17) is 14.7 Å².